The normalized spacial score (nSPS) is 20.2. The molecule has 1 aromatic carbocycles. The number of aliphatic hydroxyl groups is 1. The Morgan fingerprint density at radius 1 is 1.33 bits per heavy atom. The fraction of sp³-hybridized carbons (Fsp3) is 0.250. The summed E-state index contributed by atoms with van der Waals surface area (Å²) in [4.78, 5) is 30.0. The number of hydrogen-bond acceptors (Lipinski definition) is 5. The zero-order chi connectivity index (χ0) is 18.9. The van der Waals surface area contributed by atoms with Gasteiger partial charge < -0.3 is 14.4 Å². The van der Waals surface area contributed by atoms with Crippen LogP contribution in [0, 0.1) is 0 Å². The molecule has 0 fully saturated rings. The van der Waals surface area contributed by atoms with E-state index in [1.165, 1.54) is 0 Å². The van der Waals surface area contributed by atoms with Crippen LogP contribution in [0.4, 0.5) is 0 Å². The molecular formula is C20H15BrN2O4. The highest BCUT2D eigenvalue weighted by atomic mass is 79.9. The first-order valence-electron chi connectivity index (χ1n) is 8.69. The van der Waals surface area contributed by atoms with Gasteiger partial charge in [0.25, 0.3) is 5.56 Å². The fourth-order valence-corrected chi connectivity index (χ4v) is 4.44. The second-order valence-corrected chi connectivity index (χ2v) is 7.76. The van der Waals surface area contributed by atoms with Crippen molar-refractivity contribution >= 4 is 32.8 Å². The number of aromatic nitrogens is 2. The number of ether oxygens (including phenoxy) is 1. The van der Waals surface area contributed by atoms with Crippen molar-refractivity contribution in [2.24, 2.45) is 0 Å². The number of halogens is 1. The molecule has 7 heteroatoms. The van der Waals surface area contributed by atoms with Crippen molar-refractivity contribution in [3.63, 3.8) is 0 Å². The van der Waals surface area contributed by atoms with Crippen molar-refractivity contribution in [2.75, 3.05) is 0 Å². The van der Waals surface area contributed by atoms with E-state index in [-0.39, 0.29) is 18.6 Å². The van der Waals surface area contributed by atoms with Crippen molar-refractivity contribution in [3.8, 4) is 11.4 Å². The Morgan fingerprint density at radius 3 is 2.93 bits per heavy atom. The topological polar surface area (TPSA) is 81.4 Å². The number of pyridine rings is 2. The lowest BCUT2D eigenvalue weighted by atomic mass is 9.86. The van der Waals surface area contributed by atoms with Gasteiger partial charge in [0, 0.05) is 21.0 Å². The summed E-state index contributed by atoms with van der Waals surface area (Å²) in [6, 6.07) is 9.53. The van der Waals surface area contributed by atoms with Crippen molar-refractivity contribution < 1.29 is 14.6 Å². The van der Waals surface area contributed by atoms with Gasteiger partial charge in [0.05, 0.1) is 29.0 Å². The average Bonchev–Trinajstić information content (AvgIpc) is 3.02. The van der Waals surface area contributed by atoms with Crippen LogP contribution in [0.3, 0.4) is 0 Å². The predicted octanol–water partition coefficient (Wildman–Crippen LogP) is 2.84. The first-order chi connectivity index (χ1) is 12.9. The number of carbonyl (C=O) groups excluding carboxylic acids is 1. The third kappa shape index (κ3) is 2.12. The summed E-state index contributed by atoms with van der Waals surface area (Å²) >= 11 is 3.54. The van der Waals surface area contributed by atoms with Gasteiger partial charge in [-0.15, -0.1) is 0 Å². The van der Waals surface area contributed by atoms with Crippen LogP contribution in [-0.2, 0) is 28.3 Å². The minimum Gasteiger partial charge on any atom is -0.458 e. The molecule has 0 bridgehead atoms. The van der Waals surface area contributed by atoms with Gasteiger partial charge in [0.15, 0.2) is 5.60 Å². The molecule has 2 aliphatic heterocycles. The molecular weight excluding hydrogens is 412 g/mol. The van der Waals surface area contributed by atoms with Gasteiger partial charge in [-0.2, -0.15) is 0 Å². The fourth-order valence-electron chi connectivity index (χ4n) is 3.97. The number of esters is 1. The number of benzene rings is 1. The lowest BCUT2D eigenvalue weighted by Crippen LogP contribution is -2.44. The largest absolute Gasteiger partial charge is 0.458 e. The van der Waals surface area contributed by atoms with E-state index < -0.39 is 11.6 Å². The molecule has 0 amide bonds. The van der Waals surface area contributed by atoms with Crippen molar-refractivity contribution in [1.82, 2.24) is 9.55 Å². The van der Waals surface area contributed by atoms with Crippen LogP contribution in [0.1, 0.15) is 30.0 Å². The summed E-state index contributed by atoms with van der Waals surface area (Å²) in [5, 5.41) is 11.8. The Kier molecular flexibility index (Phi) is 3.39. The molecule has 1 atom stereocenters. The monoisotopic (exact) mass is 426 g/mol. The summed E-state index contributed by atoms with van der Waals surface area (Å²) in [6.07, 6.45) is 0.132. The smallest absolute Gasteiger partial charge is 0.343 e. The van der Waals surface area contributed by atoms with E-state index in [2.05, 4.69) is 15.9 Å². The highest BCUT2D eigenvalue weighted by molar-refractivity contribution is 9.10. The van der Waals surface area contributed by atoms with Gasteiger partial charge in [0.2, 0.25) is 0 Å². The third-order valence-corrected chi connectivity index (χ3v) is 6.19. The number of carbonyl (C=O) groups is 1. The summed E-state index contributed by atoms with van der Waals surface area (Å²) in [6.45, 7) is 1.98. The number of cyclic esters (lactones) is 1. The highest BCUT2D eigenvalue weighted by Gasteiger charge is 2.45. The molecule has 1 N–H and O–H groups in total. The Hall–Kier alpha value is -2.51. The van der Waals surface area contributed by atoms with E-state index in [0.29, 0.717) is 29.1 Å². The van der Waals surface area contributed by atoms with E-state index in [4.69, 9.17) is 9.72 Å². The lowest BCUT2D eigenvalue weighted by Gasteiger charge is -2.31. The molecule has 0 unspecified atom stereocenters. The van der Waals surface area contributed by atoms with Crippen LogP contribution in [0.15, 0.2) is 39.6 Å². The molecule has 0 saturated heterocycles. The number of hydrogen-bond donors (Lipinski definition) is 1. The van der Waals surface area contributed by atoms with Gasteiger partial charge in [-0.3, -0.25) is 4.79 Å². The molecule has 0 saturated carbocycles. The SMILES string of the molecule is CC[C@@]1(O)C(=O)OCc2c1cc1n(c2=O)Cc2cc3c(Br)cccc3nc2-1. The van der Waals surface area contributed by atoms with Gasteiger partial charge in [-0.25, -0.2) is 9.78 Å². The Balaban J connectivity index is 1.81. The Bertz CT molecular complexity index is 1220. The van der Waals surface area contributed by atoms with Crippen molar-refractivity contribution in [1.29, 1.82) is 0 Å². The third-order valence-electron chi connectivity index (χ3n) is 5.50. The van der Waals surface area contributed by atoms with E-state index in [1.807, 2.05) is 24.3 Å². The van der Waals surface area contributed by atoms with Crippen LogP contribution in [0.2, 0.25) is 0 Å². The molecule has 6 nitrogen and oxygen atoms in total. The molecule has 3 aromatic rings. The summed E-state index contributed by atoms with van der Waals surface area (Å²) in [7, 11) is 0. The molecule has 27 heavy (non-hydrogen) atoms. The molecule has 4 heterocycles. The first-order valence-corrected chi connectivity index (χ1v) is 9.48. The van der Waals surface area contributed by atoms with Crippen LogP contribution in [0.25, 0.3) is 22.3 Å². The van der Waals surface area contributed by atoms with E-state index in [9.17, 15) is 14.7 Å². The predicted molar refractivity (Wildman–Crippen MR) is 102 cm³/mol. The van der Waals surface area contributed by atoms with Gasteiger partial charge >= 0.3 is 5.97 Å². The zero-order valence-electron chi connectivity index (χ0n) is 14.5. The van der Waals surface area contributed by atoms with E-state index in [1.54, 1.807) is 17.6 Å². The van der Waals surface area contributed by atoms with Crippen LogP contribution in [-0.4, -0.2) is 20.6 Å². The second kappa shape index (κ2) is 5.50. The maximum atomic E-state index is 13.1. The second-order valence-electron chi connectivity index (χ2n) is 6.91. The summed E-state index contributed by atoms with van der Waals surface area (Å²) in [5.41, 5.74) is 1.69. The summed E-state index contributed by atoms with van der Waals surface area (Å²) < 4.78 is 7.66. The Morgan fingerprint density at radius 2 is 2.15 bits per heavy atom. The number of nitrogens with zero attached hydrogens (tertiary/aromatic N) is 2. The van der Waals surface area contributed by atoms with Gasteiger partial charge in [0.1, 0.15) is 6.61 Å². The maximum absolute atomic E-state index is 13.1. The zero-order valence-corrected chi connectivity index (χ0v) is 16.0. The van der Waals surface area contributed by atoms with Gasteiger partial charge in [-0.1, -0.05) is 28.9 Å². The molecule has 0 spiro atoms. The van der Waals surface area contributed by atoms with Crippen molar-refractivity contribution in [2.45, 2.75) is 32.1 Å². The highest BCUT2D eigenvalue weighted by Crippen LogP contribution is 2.39. The molecule has 136 valence electrons. The standard InChI is InChI=1S/C20H15BrN2O4/c1-2-20(26)13-7-16-17-10(6-11-14(21)4-3-5-15(11)22-17)8-23(16)18(24)12(13)9-27-19(20)25/h3-7,26H,2,8-9H2,1H3/t20-/m0/s1. The van der Waals surface area contributed by atoms with Crippen molar-refractivity contribution in [3.05, 3.63) is 61.8 Å². The molecule has 0 aliphatic carbocycles. The molecule has 5 rings (SSSR count). The molecule has 0 radical (unpaired) electrons. The lowest BCUT2D eigenvalue weighted by molar-refractivity contribution is -0.172. The van der Waals surface area contributed by atoms with E-state index >= 15 is 0 Å². The maximum Gasteiger partial charge on any atom is 0.343 e. The molecule has 2 aliphatic rings. The van der Waals surface area contributed by atoms with Crippen LogP contribution < -0.4 is 5.56 Å². The van der Waals surface area contributed by atoms with Crippen LogP contribution in [0.5, 0.6) is 0 Å². The average molecular weight is 427 g/mol. The summed E-state index contributed by atoms with van der Waals surface area (Å²) in [5.74, 6) is -0.713. The minimum absolute atomic E-state index is 0.118. The van der Waals surface area contributed by atoms with E-state index in [0.717, 1.165) is 20.9 Å². The molecule has 2 aromatic heterocycles. The Labute approximate surface area is 162 Å². The quantitative estimate of drug-likeness (QED) is 0.473. The van der Waals surface area contributed by atoms with Crippen LogP contribution >= 0.6 is 15.9 Å². The minimum atomic E-state index is -1.80. The number of rotatable bonds is 1. The first kappa shape index (κ1) is 16.6. The number of fused-ring (bicyclic) bond motifs is 5. The van der Waals surface area contributed by atoms with Gasteiger partial charge in [-0.05, 0) is 30.7 Å².